The van der Waals surface area contributed by atoms with Crippen molar-refractivity contribution in [3.63, 3.8) is 0 Å². The van der Waals surface area contributed by atoms with Gasteiger partial charge in [0.05, 0.1) is 29.0 Å². The maximum atomic E-state index is 12.6. The minimum atomic E-state index is -3.90. The molecule has 9 heteroatoms. The van der Waals surface area contributed by atoms with Gasteiger partial charge in [-0.25, -0.2) is 8.42 Å². The molecule has 0 saturated carbocycles. The fourth-order valence-corrected chi connectivity index (χ4v) is 3.52. The van der Waals surface area contributed by atoms with Crippen molar-refractivity contribution in [3.05, 3.63) is 58.6 Å². The summed E-state index contributed by atoms with van der Waals surface area (Å²) in [5, 5.41) is 2.60. The van der Waals surface area contributed by atoms with Gasteiger partial charge in [-0.2, -0.15) is 0 Å². The molecule has 2 N–H and O–H groups in total. The molecule has 1 amide bonds. The zero-order valence-electron chi connectivity index (χ0n) is 14.8. The van der Waals surface area contributed by atoms with E-state index in [1.54, 1.807) is 18.2 Å². The second-order valence-corrected chi connectivity index (χ2v) is 7.79. The maximum Gasteiger partial charge on any atom is 0.307 e. The van der Waals surface area contributed by atoms with Gasteiger partial charge in [0.1, 0.15) is 0 Å². The number of carbonyl (C=O) groups is 2. The number of amides is 1. The molecule has 144 valence electrons. The van der Waals surface area contributed by atoms with Crippen LogP contribution in [-0.4, -0.2) is 33.9 Å². The lowest BCUT2D eigenvalue weighted by Crippen LogP contribution is -2.27. The first-order chi connectivity index (χ1) is 12.7. The van der Waals surface area contributed by atoms with Gasteiger partial charge in [0.15, 0.2) is 0 Å². The number of esters is 1. The SMILES string of the molecule is COC(=O)CCNC(=O)c1cc(S(=O)(=O)Nc2cccc(C)c2)ccc1Cl. The topological polar surface area (TPSA) is 102 Å². The quantitative estimate of drug-likeness (QED) is 0.683. The largest absolute Gasteiger partial charge is 0.469 e. The van der Waals surface area contributed by atoms with E-state index in [2.05, 4.69) is 14.8 Å². The molecule has 0 radical (unpaired) electrons. The predicted octanol–water partition coefficient (Wildman–Crippen LogP) is 2.74. The predicted molar refractivity (Wildman–Crippen MR) is 102 cm³/mol. The number of benzene rings is 2. The summed E-state index contributed by atoms with van der Waals surface area (Å²) in [6.45, 7) is 1.89. The monoisotopic (exact) mass is 410 g/mol. The molecule has 0 aliphatic rings. The molecule has 2 rings (SSSR count). The lowest BCUT2D eigenvalue weighted by Gasteiger charge is -2.11. The Hall–Kier alpha value is -2.58. The highest BCUT2D eigenvalue weighted by atomic mass is 35.5. The molecule has 2 aromatic carbocycles. The number of anilines is 1. The highest BCUT2D eigenvalue weighted by Gasteiger charge is 2.19. The van der Waals surface area contributed by atoms with Crippen LogP contribution in [0.4, 0.5) is 5.69 Å². The van der Waals surface area contributed by atoms with E-state index < -0.39 is 21.9 Å². The summed E-state index contributed by atoms with van der Waals surface area (Å²) in [5.41, 5.74) is 1.31. The van der Waals surface area contributed by atoms with Gasteiger partial charge in [0.25, 0.3) is 15.9 Å². The summed E-state index contributed by atoms with van der Waals surface area (Å²) in [6, 6.07) is 10.7. The lowest BCUT2D eigenvalue weighted by atomic mass is 10.2. The Balaban J connectivity index is 2.20. The first-order valence-electron chi connectivity index (χ1n) is 7.97. The summed E-state index contributed by atoms with van der Waals surface area (Å²) in [7, 11) is -2.66. The molecule has 0 aliphatic heterocycles. The third kappa shape index (κ3) is 5.70. The van der Waals surface area contributed by atoms with Crippen molar-refractivity contribution in [2.24, 2.45) is 0 Å². The smallest absolute Gasteiger partial charge is 0.307 e. The Morgan fingerprint density at radius 1 is 1.15 bits per heavy atom. The van der Waals surface area contributed by atoms with Crippen molar-refractivity contribution >= 4 is 39.2 Å². The van der Waals surface area contributed by atoms with E-state index in [4.69, 9.17) is 11.6 Å². The molecule has 0 saturated heterocycles. The van der Waals surface area contributed by atoms with Crippen molar-refractivity contribution in [1.82, 2.24) is 5.32 Å². The second kappa shape index (κ2) is 8.88. The molecule has 0 aliphatic carbocycles. The molecule has 0 heterocycles. The fraction of sp³-hybridized carbons (Fsp3) is 0.222. The van der Waals surface area contributed by atoms with Crippen LogP contribution in [0.25, 0.3) is 0 Å². The first-order valence-corrected chi connectivity index (χ1v) is 9.83. The van der Waals surface area contributed by atoms with Crippen LogP contribution >= 0.6 is 11.6 Å². The Bertz CT molecular complexity index is 960. The lowest BCUT2D eigenvalue weighted by molar-refractivity contribution is -0.140. The third-order valence-electron chi connectivity index (χ3n) is 3.61. The van der Waals surface area contributed by atoms with E-state index in [1.165, 1.54) is 25.3 Å². The number of halogens is 1. The molecule has 0 unspecified atom stereocenters. The standard InChI is InChI=1S/C18H19ClN2O5S/c1-12-4-3-5-13(10-12)21-27(24,25)14-6-7-16(19)15(11-14)18(23)20-9-8-17(22)26-2/h3-7,10-11,21H,8-9H2,1-2H3,(H,20,23). The van der Waals surface area contributed by atoms with E-state index in [-0.39, 0.29) is 28.4 Å². The van der Waals surface area contributed by atoms with Gasteiger partial charge >= 0.3 is 5.97 Å². The number of rotatable bonds is 7. The van der Waals surface area contributed by atoms with Crippen LogP contribution in [0, 0.1) is 6.92 Å². The maximum absolute atomic E-state index is 12.6. The van der Waals surface area contributed by atoms with Crippen LogP contribution in [0.5, 0.6) is 0 Å². The van der Waals surface area contributed by atoms with Crippen LogP contribution in [-0.2, 0) is 19.6 Å². The average Bonchev–Trinajstić information content (AvgIpc) is 2.61. The molecule has 0 fully saturated rings. The van der Waals surface area contributed by atoms with Gasteiger partial charge in [0.2, 0.25) is 0 Å². The first kappa shape index (κ1) is 20.7. The minimum Gasteiger partial charge on any atom is -0.469 e. The zero-order valence-corrected chi connectivity index (χ0v) is 16.4. The summed E-state index contributed by atoms with van der Waals surface area (Å²) >= 11 is 6.02. The van der Waals surface area contributed by atoms with Gasteiger partial charge in [0, 0.05) is 12.2 Å². The van der Waals surface area contributed by atoms with Crippen LogP contribution in [0.15, 0.2) is 47.4 Å². The van der Waals surface area contributed by atoms with Crippen molar-refractivity contribution in [3.8, 4) is 0 Å². The van der Waals surface area contributed by atoms with E-state index in [0.29, 0.717) is 5.69 Å². The number of ether oxygens (including phenoxy) is 1. The van der Waals surface area contributed by atoms with Gasteiger partial charge in [-0.15, -0.1) is 0 Å². The molecular formula is C18H19ClN2O5S. The van der Waals surface area contributed by atoms with Crippen LogP contribution < -0.4 is 10.0 Å². The van der Waals surface area contributed by atoms with E-state index in [0.717, 1.165) is 5.56 Å². The minimum absolute atomic E-state index is 0.00588. The highest BCUT2D eigenvalue weighted by Crippen LogP contribution is 2.23. The Morgan fingerprint density at radius 3 is 2.56 bits per heavy atom. The number of nitrogens with one attached hydrogen (secondary N) is 2. The number of methoxy groups -OCH3 is 1. The molecule has 0 bridgehead atoms. The fourth-order valence-electron chi connectivity index (χ4n) is 2.24. The zero-order chi connectivity index (χ0) is 20.0. The Kier molecular flexibility index (Phi) is 6.81. The van der Waals surface area contributed by atoms with Crippen LogP contribution in [0.3, 0.4) is 0 Å². The van der Waals surface area contributed by atoms with Crippen molar-refractivity contribution in [2.45, 2.75) is 18.2 Å². The van der Waals surface area contributed by atoms with Crippen LogP contribution in [0.1, 0.15) is 22.3 Å². The number of sulfonamides is 1. The number of carbonyl (C=O) groups excluding carboxylic acids is 2. The second-order valence-electron chi connectivity index (χ2n) is 5.70. The summed E-state index contributed by atoms with van der Waals surface area (Å²) in [5.74, 6) is -1.06. The van der Waals surface area contributed by atoms with Gasteiger partial charge in [-0.05, 0) is 42.8 Å². The third-order valence-corrected chi connectivity index (χ3v) is 5.31. The van der Waals surface area contributed by atoms with Crippen molar-refractivity contribution < 1.29 is 22.7 Å². The number of hydrogen-bond acceptors (Lipinski definition) is 5. The van der Waals surface area contributed by atoms with Crippen LogP contribution in [0.2, 0.25) is 5.02 Å². The normalized spacial score (nSPS) is 10.9. The summed E-state index contributed by atoms with van der Waals surface area (Å²) in [4.78, 5) is 23.2. The number of hydrogen-bond donors (Lipinski definition) is 2. The highest BCUT2D eigenvalue weighted by molar-refractivity contribution is 7.92. The van der Waals surface area contributed by atoms with Crippen molar-refractivity contribution in [1.29, 1.82) is 0 Å². The summed E-state index contributed by atoms with van der Waals surface area (Å²) in [6.07, 6.45) is -0.00718. The Labute approximate surface area is 162 Å². The van der Waals surface area contributed by atoms with E-state index >= 15 is 0 Å². The van der Waals surface area contributed by atoms with E-state index in [1.807, 2.05) is 13.0 Å². The molecular weight excluding hydrogens is 392 g/mol. The molecule has 0 atom stereocenters. The summed E-state index contributed by atoms with van der Waals surface area (Å²) < 4.78 is 32.1. The number of aryl methyl sites for hydroxylation is 1. The average molecular weight is 411 g/mol. The molecule has 0 spiro atoms. The molecule has 2 aromatic rings. The Morgan fingerprint density at radius 2 is 1.89 bits per heavy atom. The van der Waals surface area contributed by atoms with Gasteiger partial charge < -0.3 is 10.1 Å². The molecule has 7 nitrogen and oxygen atoms in total. The molecule has 0 aromatic heterocycles. The van der Waals surface area contributed by atoms with Crippen molar-refractivity contribution in [2.75, 3.05) is 18.4 Å². The molecule has 27 heavy (non-hydrogen) atoms. The van der Waals surface area contributed by atoms with Gasteiger partial charge in [-0.1, -0.05) is 23.7 Å². The van der Waals surface area contributed by atoms with Gasteiger partial charge in [-0.3, -0.25) is 14.3 Å². The van der Waals surface area contributed by atoms with E-state index in [9.17, 15) is 18.0 Å².